The summed E-state index contributed by atoms with van der Waals surface area (Å²) in [7, 11) is 0. The van der Waals surface area contributed by atoms with Gasteiger partial charge in [-0.3, -0.25) is 14.5 Å². The van der Waals surface area contributed by atoms with E-state index in [4.69, 9.17) is 4.74 Å². The van der Waals surface area contributed by atoms with Crippen LogP contribution in [0.4, 0.5) is 0 Å². The number of hydrogen-bond acceptors (Lipinski definition) is 4. The third-order valence-electron chi connectivity index (χ3n) is 4.57. The average Bonchev–Trinajstić information content (AvgIpc) is 2.52. The smallest absolute Gasteiger partial charge is 0.242 e. The van der Waals surface area contributed by atoms with Crippen molar-refractivity contribution in [3.63, 3.8) is 0 Å². The zero-order chi connectivity index (χ0) is 15.9. The van der Waals surface area contributed by atoms with Gasteiger partial charge in [-0.1, -0.05) is 6.92 Å². The first-order valence-electron chi connectivity index (χ1n) is 8.39. The summed E-state index contributed by atoms with van der Waals surface area (Å²) in [6, 6.07) is 0. The van der Waals surface area contributed by atoms with E-state index in [0.717, 1.165) is 52.4 Å². The fourth-order valence-electron chi connectivity index (χ4n) is 3.11. The second-order valence-electron chi connectivity index (χ2n) is 6.48. The number of likely N-dealkylation sites (tertiary alicyclic amines) is 1. The summed E-state index contributed by atoms with van der Waals surface area (Å²) >= 11 is 0. The molecule has 6 nitrogen and oxygen atoms in total. The highest BCUT2D eigenvalue weighted by Gasteiger charge is 2.24. The van der Waals surface area contributed by atoms with Gasteiger partial charge in [-0.25, -0.2) is 0 Å². The summed E-state index contributed by atoms with van der Waals surface area (Å²) < 4.78 is 5.32. The van der Waals surface area contributed by atoms with Gasteiger partial charge in [0.1, 0.15) is 0 Å². The Kier molecular flexibility index (Phi) is 6.64. The van der Waals surface area contributed by atoms with E-state index in [9.17, 15) is 9.59 Å². The van der Waals surface area contributed by atoms with Crippen LogP contribution in [0.25, 0.3) is 0 Å². The molecule has 0 aromatic heterocycles. The molecule has 22 heavy (non-hydrogen) atoms. The number of nitrogens with zero attached hydrogens (tertiary/aromatic N) is 3. The summed E-state index contributed by atoms with van der Waals surface area (Å²) in [5, 5.41) is 0. The van der Waals surface area contributed by atoms with E-state index < -0.39 is 0 Å². The third kappa shape index (κ3) is 5.25. The van der Waals surface area contributed by atoms with Crippen molar-refractivity contribution in [2.75, 3.05) is 59.0 Å². The molecule has 2 fully saturated rings. The lowest BCUT2D eigenvalue weighted by Gasteiger charge is -2.33. The van der Waals surface area contributed by atoms with Gasteiger partial charge in [-0.05, 0) is 18.8 Å². The van der Waals surface area contributed by atoms with Crippen molar-refractivity contribution in [3.8, 4) is 0 Å². The Bertz CT molecular complexity index is 383. The fraction of sp³-hybridized carbons (Fsp3) is 0.875. The standard InChI is InChI=1S/C16H29N3O3/c1-14-4-3-5-19(12-14)16(21)13-18(15(2)20)7-6-17-8-10-22-11-9-17/h14H,3-13H2,1-2H3. The van der Waals surface area contributed by atoms with Gasteiger partial charge in [0, 0.05) is 46.2 Å². The Morgan fingerprint density at radius 1 is 1.23 bits per heavy atom. The summed E-state index contributed by atoms with van der Waals surface area (Å²) in [5.41, 5.74) is 0. The average molecular weight is 311 g/mol. The van der Waals surface area contributed by atoms with Gasteiger partial charge < -0.3 is 14.5 Å². The quantitative estimate of drug-likeness (QED) is 0.739. The van der Waals surface area contributed by atoms with Crippen LogP contribution in [-0.2, 0) is 14.3 Å². The number of hydrogen-bond donors (Lipinski definition) is 0. The van der Waals surface area contributed by atoms with Crippen molar-refractivity contribution in [3.05, 3.63) is 0 Å². The number of rotatable bonds is 5. The van der Waals surface area contributed by atoms with E-state index in [0.29, 0.717) is 12.5 Å². The molecule has 0 radical (unpaired) electrons. The topological polar surface area (TPSA) is 53.1 Å². The van der Waals surface area contributed by atoms with Gasteiger partial charge in [0.2, 0.25) is 11.8 Å². The molecule has 2 heterocycles. The van der Waals surface area contributed by atoms with Crippen LogP contribution >= 0.6 is 0 Å². The Labute approximate surface area is 133 Å². The normalized spacial score (nSPS) is 23.4. The van der Waals surface area contributed by atoms with Crippen molar-refractivity contribution in [2.24, 2.45) is 5.92 Å². The SMILES string of the molecule is CC(=O)N(CCN1CCOCC1)CC(=O)N1CCCC(C)C1. The van der Waals surface area contributed by atoms with Crippen LogP contribution in [0.1, 0.15) is 26.7 Å². The van der Waals surface area contributed by atoms with Crippen molar-refractivity contribution in [1.82, 2.24) is 14.7 Å². The molecule has 2 aliphatic heterocycles. The molecular formula is C16H29N3O3. The van der Waals surface area contributed by atoms with Gasteiger partial charge >= 0.3 is 0 Å². The molecule has 0 aromatic rings. The zero-order valence-corrected chi connectivity index (χ0v) is 13.9. The first-order valence-corrected chi connectivity index (χ1v) is 8.39. The van der Waals surface area contributed by atoms with Crippen molar-refractivity contribution < 1.29 is 14.3 Å². The molecule has 2 rings (SSSR count). The molecule has 0 aliphatic carbocycles. The number of carbonyl (C=O) groups excluding carboxylic acids is 2. The van der Waals surface area contributed by atoms with Gasteiger partial charge in [-0.2, -0.15) is 0 Å². The van der Waals surface area contributed by atoms with Crippen molar-refractivity contribution in [1.29, 1.82) is 0 Å². The maximum atomic E-state index is 12.4. The van der Waals surface area contributed by atoms with E-state index >= 15 is 0 Å². The van der Waals surface area contributed by atoms with Gasteiger partial charge in [-0.15, -0.1) is 0 Å². The Hall–Kier alpha value is -1.14. The lowest BCUT2D eigenvalue weighted by atomic mass is 10.0. The van der Waals surface area contributed by atoms with Crippen LogP contribution in [0.5, 0.6) is 0 Å². The fourth-order valence-corrected chi connectivity index (χ4v) is 3.11. The highest BCUT2D eigenvalue weighted by atomic mass is 16.5. The summed E-state index contributed by atoms with van der Waals surface area (Å²) in [5.74, 6) is 0.632. The second kappa shape index (κ2) is 8.48. The van der Waals surface area contributed by atoms with Crippen LogP contribution in [-0.4, -0.2) is 85.5 Å². The lowest BCUT2D eigenvalue weighted by molar-refractivity contribution is -0.140. The minimum atomic E-state index is -0.0216. The number of carbonyl (C=O) groups is 2. The summed E-state index contributed by atoms with van der Waals surface area (Å²) in [6.07, 6.45) is 2.26. The molecule has 0 saturated carbocycles. The molecule has 0 spiro atoms. The van der Waals surface area contributed by atoms with Gasteiger partial charge in [0.05, 0.1) is 19.8 Å². The zero-order valence-electron chi connectivity index (χ0n) is 13.9. The molecule has 2 aliphatic rings. The molecule has 0 bridgehead atoms. The Morgan fingerprint density at radius 3 is 2.59 bits per heavy atom. The van der Waals surface area contributed by atoms with Crippen LogP contribution in [0, 0.1) is 5.92 Å². The van der Waals surface area contributed by atoms with E-state index in [1.807, 2.05) is 4.90 Å². The molecule has 126 valence electrons. The third-order valence-corrected chi connectivity index (χ3v) is 4.57. The molecule has 1 atom stereocenters. The molecule has 2 saturated heterocycles. The van der Waals surface area contributed by atoms with E-state index in [1.165, 1.54) is 6.42 Å². The summed E-state index contributed by atoms with van der Waals surface area (Å²) in [4.78, 5) is 30.1. The largest absolute Gasteiger partial charge is 0.379 e. The van der Waals surface area contributed by atoms with E-state index in [1.54, 1.807) is 11.8 Å². The maximum Gasteiger partial charge on any atom is 0.242 e. The number of piperidine rings is 1. The number of morpholine rings is 1. The lowest BCUT2D eigenvalue weighted by Crippen LogP contribution is -2.48. The Balaban J connectivity index is 1.79. The highest BCUT2D eigenvalue weighted by Crippen LogP contribution is 2.15. The van der Waals surface area contributed by atoms with Crippen LogP contribution in [0.2, 0.25) is 0 Å². The molecule has 6 heteroatoms. The first kappa shape index (κ1) is 17.2. The van der Waals surface area contributed by atoms with Gasteiger partial charge in [0.15, 0.2) is 0 Å². The minimum absolute atomic E-state index is 0.0216. The molecule has 2 amide bonds. The maximum absolute atomic E-state index is 12.4. The van der Waals surface area contributed by atoms with Crippen LogP contribution in [0.15, 0.2) is 0 Å². The molecule has 0 aromatic carbocycles. The van der Waals surface area contributed by atoms with Crippen molar-refractivity contribution in [2.45, 2.75) is 26.7 Å². The first-order chi connectivity index (χ1) is 10.6. The monoisotopic (exact) mass is 311 g/mol. The van der Waals surface area contributed by atoms with Crippen molar-refractivity contribution >= 4 is 11.8 Å². The number of amides is 2. The predicted molar refractivity (Wildman–Crippen MR) is 84.5 cm³/mol. The Morgan fingerprint density at radius 2 is 1.95 bits per heavy atom. The summed E-state index contributed by atoms with van der Waals surface area (Å²) in [6.45, 7) is 10.4. The molecule has 0 N–H and O–H groups in total. The minimum Gasteiger partial charge on any atom is -0.379 e. The number of ether oxygens (including phenoxy) is 1. The van der Waals surface area contributed by atoms with Gasteiger partial charge in [0.25, 0.3) is 0 Å². The highest BCUT2D eigenvalue weighted by molar-refractivity contribution is 5.83. The molecule has 1 unspecified atom stereocenters. The van der Waals surface area contributed by atoms with E-state index in [-0.39, 0.29) is 18.4 Å². The predicted octanol–water partition coefficient (Wildman–Crippen LogP) is 0.426. The van der Waals surface area contributed by atoms with Crippen LogP contribution in [0.3, 0.4) is 0 Å². The second-order valence-corrected chi connectivity index (χ2v) is 6.48. The van der Waals surface area contributed by atoms with Crippen LogP contribution < -0.4 is 0 Å². The molecular weight excluding hydrogens is 282 g/mol. The van der Waals surface area contributed by atoms with E-state index in [2.05, 4.69) is 11.8 Å².